The molecule has 2 rings (SSSR count). The Balaban J connectivity index is 2.07. The highest BCUT2D eigenvalue weighted by Crippen LogP contribution is 2.39. The van der Waals surface area contributed by atoms with Crippen LogP contribution < -0.4 is 11.5 Å². The Morgan fingerprint density at radius 3 is 2.39 bits per heavy atom. The second kappa shape index (κ2) is 9.36. The molecule has 1 aromatic rings. The molecule has 0 radical (unpaired) electrons. The average molecular weight is 321 g/mol. The van der Waals surface area contributed by atoms with Gasteiger partial charge in [0.1, 0.15) is 0 Å². The Kier molecular flexibility index (Phi) is 7.47. The van der Waals surface area contributed by atoms with E-state index in [0.717, 1.165) is 30.8 Å². The van der Waals surface area contributed by atoms with Gasteiger partial charge in [0.15, 0.2) is 0 Å². The van der Waals surface area contributed by atoms with Crippen LogP contribution in [0.2, 0.25) is 0 Å². The fourth-order valence-corrected chi connectivity index (χ4v) is 4.03. The molecular weight excluding hydrogens is 289 g/mol. The third-order valence-electron chi connectivity index (χ3n) is 5.46. The Bertz CT molecular complexity index is 434. The van der Waals surface area contributed by atoms with Crippen molar-refractivity contribution in [2.75, 3.05) is 19.6 Å². The van der Waals surface area contributed by atoms with E-state index >= 15 is 4.48 Å². The summed E-state index contributed by atoms with van der Waals surface area (Å²) in [6.07, 6.45) is 8.15. The maximum Gasteiger partial charge on any atom is 0.0662 e. The number of benzene rings is 1. The predicted octanol–water partition coefficient (Wildman–Crippen LogP) is 3.43. The zero-order valence-electron chi connectivity index (χ0n) is 14.2. The van der Waals surface area contributed by atoms with Crippen LogP contribution in [0.5, 0.6) is 0 Å². The second-order valence-electron chi connectivity index (χ2n) is 6.86. The van der Waals surface area contributed by atoms with Gasteiger partial charge in [-0.3, -0.25) is 0 Å². The minimum atomic E-state index is -0.533. The van der Waals surface area contributed by atoms with Gasteiger partial charge in [-0.1, -0.05) is 49.6 Å². The number of nitrogens with zero attached hydrogens (tertiary/aromatic N) is 1. The van der Waals surface area contributed by atoms with Gasteiger partial charge in [-0.25, -0.2) is 0 Å². The Morgan fingerprint density at radius 2 is 1.78 bits per heavy atom. The van der Waals surface area contributed by atoms with Crippen molar-refractivity contribution in [3.05, 3.63) is 35.9 Å². The van der Waals surface area contributed by atoms with Crippen LogP contribution >= 0.6 is 0 Å². The van der Waals surface area contributed by atoms with Crippen LogP contribution in [0.1, 0.15) is 50.5 Å². The zero-order chi connectivity index (χ0) is 16.5. The van der Waals surface area contributed by atoms with Crippen LogP contribution in [-0.4, -0.2) is 30.3 Å². The van der Waals surface area contributed by atoms with E-state index in [9.17, 15) is 0 Å². The summed E-state index contributed by atoms with van der Waals surface area (Å²) in [6.45, 7) is 1.38. The lowest BCUT2D eigenvalue weighted by atomic mass is 9.72. The minimum Gasteiger partial charge on any atom is -0.330 e. The van der Waals surface area contributed by atoms with E-state index in [2.05, 4.69) is 12.1 Å². The Labute approximate surface area is 140 Å². The summed E-state index contributed by atoms with van der Waals surface area (Å²) in [4.78, 5) is 0. The highest BCUT2D eigenvalue weighted by atomic mass is 19.2. The summed E-state index contributed by atoms with van der Waals surface area (Å²) < 4.78 is 15.2. The second-order valence-corrected chi connectivity index (χ2v) is 6.86. The van der Waals surface area contributed by atoms with E-state index in [4.69, 9.17) is 11.5 Å². The van der Waals surface area contributed by atoms with Crippen molar-refractivity contribution >= 4 is 0 Å². The molecule has 1 aliphatic carbocycles. The standard InChI is InChI=1S/C19H32FN3/c20-23(15-12-17-8-3-1-4-9-17)19(16-22,13-7-14-21)18-10-5-2-6-11-18/h1,3-4,8-9,18H,2,5-7,10-16,21-22H2. The van der Waals surface area contributed by atoms with Crippen molar-refractivity contribution in [3.8, 4) is 0 Å². The molecule has 0 saturated heterocycles. The number of halogens is 1. The lowest BCUT2D eigenvalue weighted by molar-refractivity contribution is -0.120. The highest BCUT2D eigenvalue weighted by Gasteiger charge is 2.43. The third-order valence-corrected chi connectivity index (χ3v) is 5.46. The van der Waals surface area contributed by atoms with Gasteiger partial charge in [-0.15, -0.1) is 9.60 Å². The van der Waals surface area contributed by atoms with Crippen molar-refractivity contribution in [1.29, 1.82) is 0 Å². The van der Waals surface area contributed by atoms with Crippen LogP contribution in [0.25, 0.3) is 0 Å². The van der Waals surface area contributed by atoms with Crippen LogP contribution in [0.3, 0.4) is 0 Å². The molecule has 1 aromatic carbocycles. The molecule has 4 N–H and O–H groups in total. The van der Waals surface area contributed by atoms with Gasteiger partial charge in [-0.2, -0.15) is 0 Å². The highest BCUT2D eigenvalue weighted by molar-refractivity contribution is 5.15. The first-order valence-corrected chi connectivity index (χ1v) is 9.10. The number of nitrogens with two attached hydrogens (primary N) is 2. The van der Waals surface area contributed by atoms with Gasteiger partial charge in [0.25, 0.3) is 0 Å². The molecule has 23 heavy (non-hydrogen) atoms. The molecule has 0 bridgehead atoms. The van der Waals surface area contributed by atoms with Crippen LogP contribution in [-0.2, 0) is 6.42 Å². The summed E-state index contributed by atoms with van der Waals surface area (Å²) in [5.41, 5.74) is 12.5. The summed E-state index contributed by atoms with van der Waals surface area (Å²) in [5, 5.41) is 1.06. The van der Waals surface area contributed by atoms with E-state index in [1.165, 1.54) is 24.8 Å². The molecule has 0 spiro atoms. The van der Waals surface area contributed by atoms with Crippen molar-refractivity contribution in [2.24, 2.45) is 17.4 Å². The van der Waals surface area contributed by atoms with Gasteiger partial charge < -0.3 is 11.5 Å². The molecule has 1 saturated carbocycles. The van der Waals surface area contributed by atoms with Gasteiger partial charge in [0, 0.05) is 13.1 Å². The number of hydrogen-bond acceptors (Lipinski definition) is 3. The zero-order valence-corrected chi connectivity index (χ0v) is 14.2. The minimum absolute atomic E-state index is 0.355. The maximum atomic E-state index is 15.2. The summed E-state index contributed by atoms with van der Waals surface area (Å²) in [7, 11) is 0. The molecule has 130 valence electrons. The topological polar surface area (TPSA) is 55.3 Å². The lowest BCUT2D eigenvalue weighted by Gasteiger charge is -2.45. The maximum absolute atomic E-state index is 15.2. The van der Waals surface area contributed by atoms with Crippen molar-refractivity contribution in [1.82, 2.24) is 5.12 Å². The van der Waals surface area contributed by atoms with Crippen molar-refractivity contribution in [2.45, 2.75) is 56.9 Å². The van der Waals surface area contributed by atoms with Crippen LogP contribution in [0.4, 0.5) is 4.48 Å². The molecule has 1 atom stereocenters. The third kappa shape index (κ3) is 4.75. The Hall–Kier alpha value is -0.970. The predicted molar refractivity (Wildman–Crippen MR) is 94.6 cm³/mol. The summed E-state index contributed by atoms with van der Waals surface area (Å²) >= 11 is 0. The van der Waals surface area contributed by atoms with E-state index in [1.807, 2.05) is 18.2 Å². The quantitative estimate of drug-likeness (QED) is 0.685. The van der Waals surface area contributed by atoms with Gasteiger partial charge >= 0.3 is 0 Å². The number of hydrogen-bond donors (Lipinski definition) is 2. The molecule has 1 fully saturated rings. The molecular formula is C19H32FN3. The average Bonchev–Trinajstić information content (AvgIpc) is 2.62. The Morgan fingerprint density at radius 1 is 1.09 bits per heavy atom. The number of rotatable bonds is 9. The molecule has 1 unspecified atom stereocenters. The van der Waals surface area contributed by atoms with E-state index in [0.29, 0.717) is 32.0 Å². The first kappa shape index (κ1) is 18.4. The summed E-state index contributed by atoms with van der Waals surface area (Å²) in [5.74, 6) is 0.355. The van der Waals surface area contributed by atoms with Crippen LogP contribution in [0.15, 0.2) is 30.3 Å². The molecule has 0 aliphatic heterocycles. The van der Waals surface area contributed by atoms with Gasteiger partial charge in [-0.05, 0) is 50.1 Å². The van der Waals surface area contributed by atoms with E-state index in [-0.39, 0.29) is 0 Å². The molecule has 4 heteroatoms. The van der Waals surface area contributed by atoms with Gasteiger partial charge in [0.2, 0.25) is 0 Å². The first-order chi connectivity index (χ1) is 11.2. The largest absolute Gasteiger partial charge is 0.330 e. The van der Waals surface area contributed by atoms with Crippen molar-refractivity contribution < 1.29 is 4.48 Å². The van der Waals surface area contributed by atoms with E-state index < -0.39 is 5.54 Å². The molecule has 0 aromatic heterocycles. The monoisotopic (exact) mass is 321 g/mol. The molecule has 0 amide bonds. The molecule has 0 heterocycles. The fraction of sp³-hybridized carbons (Fsp3) is 0.684. The van der Waals surface area contributed by atoms with Crippen molar-refractivity contribution in [3.63, 3.8) is 0 Å². The lowest BCUT2D eigenvalue weighted by Crippen LogP contribution is -2.56. The SMILES string of the molecule is NCCCC(CN)(C1CCCCC1)N(F)CCc1ccccc1. The smallest absolute Gasteiger partial charge is 0.0662 e. The first-order valence-electron chi connectivity index (χ1n) is 9.10. The molecule has 1 aliphatic rings. The normalized spacial score (nSPS) is 19.0. The summed E-state index contributed by atoms with van der Waals surface area (Å²) in [6, 6.07) is 10.1. The fourth-order valence-electron chi connectivity index (χ4n) is 4.03. The van der Waals surface area contributed by atoms with E-state index in [1.54, 1.807) is 0 Å². The van der Waals surface area contributed by atoms with Crippen LogP contribution in [0, 0.1) is 5.92 Å². The molecule has 3 nitrogen and oxygen atoms in total. The van der Waals surface area contributed by atoms with Gasteiger partial charge in [0.05, 0.1) is 5.54 Å².